The summed E-state index contributed by atoms with van der Waals surface area (Å²) >= 11 is 0. The lowest BCUT2D eigenvalue weighted by atomic mass is 9.70. The van der Waals surface area contributed by atoms with Crippen LogP contribution in [0.3, 0.4) is 0 Å². The van der Waals surface area contributed by atoms with Gasteiger partial charge in [0.05, 0.1) is 5.69 Å². The first kappa shape index (κ1) is 15.6. The van der Waals surface area contributed by atoms with Crippen molar-refractivity contribution in [3.63, 3.8) is 0 Å². The molecule has 1 aromatic rings. The first-order chi connectivity index (χ1) is 11.4. The van der Waals surface area contributed by atoms with E-state index in [2.05, 4.69) is 11.4 Å². The Hall–Kier alpha value is -1.91. The zero-order chi connectivity index (χ0) is 16.9. The zero-order valence-corrected chi connectivity index (χ0v) is 14.7. The second kappa shape index (κ2) is 5.30. The van der Waals surface area contributed by atoms with E-state index in [-0.39, 0.29) is 23.7 Å². The standard InChI is InChI=1S/C19H26N2O3/c1-18(2,3)24-17(22)21-11-13-7-6-8-14(12-21)19(13)20-15-9-4-5-10-16(15)23-19/h4-5,9-10,13-14,20H,6-8,11-12H2,1-3H3. The van der Waals surface area contributed by atoms with Crippen LogP contribution in [0.5, 0.6) is 5.75 Å². The number of carbonyl (C=O) groups excluding carboxylic acids is 1. The van der Waals surface area contributed by atoms with E-state index in [4.69, 9.17) is 9.47 Å². The van der Waals surface area contributed by atoms with Crippen molar-refractivity contribution in [2.75, 3.05) is 18.4 Å². The lowest BCUT2D eigenvalue weighted by molar-refractivity contribution is -0.0936. The minimum absolute atomic E-state index is 0.204. The summed E-state index contributed by atoms with van der Waals surface area (Å²) < 4.78 is 12.0. The third kappa shape index (κ3) is 2.50. The summed E-state index contributed by atoms with van der Waals surface area (Å²) in [5, 5.41) is 3.66. The topological polar surface area (TPSA) is 50.8 Å². The molecule has 0 radical (unpaired) electrons. The highest BCUT2D eigenvalue weighted by Gasteiger charge is 2.57. The van der Waals surface area contributed by atoms with Gasteiger partial charge < -0.3 is 19.7 Å². The number of nitrogens with one attached hydrogen (secondary N) is 1. The van der Waals surface area contributed by atoms with Crippen LogP contribution in [-0.2, 0) is 4.74 Å². The molecule has 24 heavy (non-hydrogen) atoms. The lowest BCUT2D eigenvalue weighted by Crippen LogP contribution is -2.66. The number of amides is 1. The number of nitrogens with zero attached hydrogens (tertiary/aromatic N) is 1. The third-order valence-electron chi connectivity index (χ3n) is 5.35. The first-order valence-electron chi connectivity index (χ1n) is 8.91. The monoisotopic (exact) mass is 330 g/mol. The Morgan fingerprint density at radius 2 is 1.92 bits per heavy atom. The van der Waals surface area contributed by atoms with Gasteiger partial charge in [0, 0.05) is 24.9 Å². The molecule has 1 aliphatic carbocycles. The van der Waals surface area contributed by atoms with Crippen LogP contribution in [0.4, 0.5) is 10.5 Å². The maximum absolute atomic E-state index is 12.5. The maximum Gasteiger partial charge on any atom is 0.410 e. The molecule has 1 spiro atoms. The van der Waals surface area contributed by atoms with Crippen molar-refractivity contribution in [3.8, 4) is 5.75 Å². The first-order valence-corrected chi connectivity index (χ1v) is 8.91. The number of carbonyl (C=O) groups is 1. The molecule has 4 rings (SSSR count). The predicted molar refractivity (Wildman–Crippen MR) is 92.1 cm³/mol. The summed E-state index contributed by atoms with van der Waals surface area (Å²) in [4.78, 5) is 14.4. The van der Waals surface area contributed by atoms with Crippen LogP contribution in [0.15, 0.2) is 24.3 Å². The molecule has 1 amide bonds. The number of hydrogen-bond acceptors (Lipinski definition) is 4. The Labute approximate surface area is 143 Å². The molecule has 0 aromatic heterocycles. The van der Waals surface area contributed by atoms with E-state index in [9.17, 15) is 4.79 Å². The van der Waals surface area contributed by atoms with Gasteiger partial charge in [0.25, 0.3) is 0 Å². The van der Waals surface area contributed by atoms with Crippen molar-refractivity contribution in [1.29, 1.82) is 0 Å². The Morgan fingerprint density at radius 3 is 2.54 bits per heavy atom. The average Bonchev–Trinajstić information content (AvgIpc) is 2.83. The minimum atomic E-state index is -0.459. The number of likely N-dealkylation sites (tertiary alicyclic amines) is 1. The number of hydrogen-bond donors (Lipinski definition) is 1. The molecular weight excluding hydrogens is 304 g/mol. The fraction of sp³-hybridized carbons (Fsp3) is 0.632. The molecule has 2 atom stereocenters. The second-order valence-corrected chi connectivity index (χ2v) is 8.23. The summed E-state index contributed by atoms with van der Waals surface area (Å²) in [6.45, 7) is 7.11. The van der Waals surface area contributed by atoms with Crippen molar-refractivity contribution in [2.24, 2.45) is 11.8 Å². The normalized spacial score (nSPS) is 31.2. The molecule has 2 bridgehead atoms. The highest BCUT2D eigenvalue weighted by molar-refractivity contribution is 5.69. The van der Waals surface area contributed by atoms with Crippen LogP contribution < -0.4 is 10.1 Å². The molecular formula is C19H26N2O3. The Bertz CT molecular complexity index is 611. The number of para-hydroxylation sites is 2. The third-order valence-corrected chi connectivity index (χ3v) is 5.35. The molecule has 2 aliphatic heterocycles. The van der Waals surface area contributed by atoms with E-state index in [0.717, 1.165) is 24.3 Å². The molecule has 130 valence electrons. The smallest absolute Gasteiger partial charge is 0.410 e. The molecule has 1 N–H and O–H groups in total. The Balaban J connectivity index is 1.56. The van der Waals surface area contributed by atoms with Gasteiger partial charge in [-0.25, -0.2) is 4.79 Å². The van der Waals surface area contributed by atoms with Gasteiger partial charge in [-0.1, -0.05) is 18.6 Å². The molecule has 5 nitrogen and oxygen atoms in total. The molecule has 1 saturated carbocycles. The van der Waals surface area contributed by atoms with Crippen molar-refractivity contribution in [1.82, 2.24) is 4.90 Å². The van der Waals surface area contributed by atoms with Crippen LogP contribution in [0, 0.1) is 11.8 Å². The SMILES string of the molecule is CC(C)(C)OC(=O)N1CC2CCCC(C1)C21Nc2ccccc2O1. The van der Waals surface area contributed by atoms with Crippen molar-refractivity contribution < 1.29 is 14.3 Å². The van der Waals surface area contributed by atoms with Crippen LogP contribution in [0.2, 0.25) is 0 Å². The van der Waals surface area contributed by atoms with Gasteiger partial charge in [-0.2, -0.15) is 0 Å². The van der Waals surface area contributed by atoms with Gasteiger partial charge in [0.15, 0.2) is 5.72 Å². The van der Waals surface area contributed by atoms with Crippen molar-refractivity contribution in [3.05, 3.63) is 24.3 Å². The van der Waals surface area contributed by atoms with E-state index in [0.29, 0.717) is 13.1 Å². The summed E-state index contributed by atoms with van der Waals surface area (Å²) in [5.74, 6) is 1.50. The molecule has 1 aromatic carbocycles. The quantitative estimate of drug-likeness (QED) is 0.785. The van der Waals surface area contributed by atoms with E-state index in [1.54, 1.807) is 0 Å². The van der Waals surface area contributed by atoms with Gasteiger partial charge in [-0.15, -0.1) is 0 Å². The fourth-order valence-electron chi connectivity index (χ4n) is 4.36. The summed E-state index contributed by atoms with van der Waals surface area (Å²) in [5.41, 5.74) is 0.250. The maximum atomic E-state index is 12.5. The van der Waals surface area contributed by atoms with Crippen LogP contribution in [-0.4, -0.2) is 35.4 Å². The van der Waals surface area contributed by atoms with Crippen molar-refractivity contribution >= 4 is 11.8 Å². The van der Waals surface area contributed by atoms with Gasteiger partial charge in [-0.3, -0.25) is 0 Å². The summed E-state index contributed by atoms with van der Waals surface area (Å²) in [6, 6.07) is 8.12. The average molecular weight is 330 g/mol. The molecule has 2 unspecified atom stereocenters. The summed E-state index contributed by atoms with van der Waals surface area (Å²) in [7, 11) is 0. The minimum Gasteiger partial charge on any atom is -0.465 e. The van der Waals surface area contributed by atoms with Crippen LogP contribution in [0.1, 0.15) is 40.0 Å². The van der Waals surface area contributed by atoms with Crippen LogP contribution in [0.25, 0.3) is 0 Å². The highest BCUT2D eigenvalue weighted by Crippen LogP contribution is 2.51. The number of fused-ring (bicyclic) bond motifs is 1. The Morgan fingerprint density at radius 1 is 1.25 bits per heavy atom. The zero-order valence-electron chi connectivity index (χ0n) is 14.7. The molecule has 1 saturated heterocycles. The van der Waals surface area contributed by atoms with E-state index < -0.39 is 5.60 Å². The predicted octanol–water partition coefficient (Wildman–Crippen LogP) is 3.85. The van der Waals surface area contributed by atoms with Gasteiger partial charge in [0.1, 0.15) is 11.4 Å². The van der Waals surface area contributed by atoms with E-state index in [1.807, 2.05) is 43.9 Å². The molecule has 2 heterocycles. The summed E-state index contributed by atoms with van der Waals surface area (Å²) in [6.07, 6.45) is 3.12. The highest BCUT2D eigenvalue weighted by atomic mass is 16.6. The Kier molecular flexibility index (Phi) is 3.44. The van der Waals surface area contributed by atoms with Crippen LogP contribution >= 0.6 is 0 Å². The van der Waals surface area contributed by atoms with E-state index in [1.165, 1.54) is 6.42 Å². The lowest BCUT2D eigenvalue weighted by Gasteiger charge is -2.52. The van der Waals surface area contributed by atoms with Gasteiger partial charge in [-0.05, 0) is 45.7 Å². The number of ether oxygens (including phenoxy) is 2. The van der Waals surface area contributed by atoms with Gasteiger partial charge in [0.2, 0.25) is 0 Å². The second-order valence-electron chi connectivity index (χ2n) is 8.23. The fourth-order valence-corrected chi connectivity index (χ4v) is 4.36. The number of benzene rings is 1. The largest absolute Gasteiger partial charge is 0.465 e. The molecule has 2 fully saturated rings. The number of anilines is 1. The molecule has 5 heteroatoms. The number of piperidine rings is 1. The van der Waals surface area contributed by atoms with Crippen molar-refractivity contribution in [2.45, 2.75) is 51.4 Å². The molecule has 3 aliphatic rings. The van der Waals surface area contributed by atoms with E-state index >= 15 is 0 Å². The van der Waals surface area contributed by atoms with Gasteiger partial charge >= 0.3 is 6.09 Å². The number of rotatable bonds is 0.